The zero-order valence-electron chi connectivity index (χ0n) is 7.29. The molecule has 0 rings (SSSR count). The van der Waals surface area contributed by atoms with Gasteiger partial charge in [0.15, 0.2) is 5.78 Å². The molecule has 0 fully saturated rings. The van der Waals surface area contributed by atoms with Gasteiger partial charge in [0.1, 0.15) is 0 Å². The van der Waals surface area contributed by atoms with E-state index in [-0.39, 0.29) is 5.78 Å². The maximum absolute atomic E-state index is 10.9. The highest BCUT2D eigenvalue weighted by Crippen LogP contribution is 1.98. The molecule has 0 N–H and O–H groups in total. The summed E-state index contributed by atoms with van der Waals surface area (Å²) in [6.07, 6.45) is 9.23. The van der Waals surface area contributed by atoms with Crippen molar-refractivity contribution < 1.29 is 4.79 Å². The Morgan fingerprint density at radius 1 is 1.18 bits per heavy atom. The van der Waals surface area contributed by atoms with Gasteiger partial charge in [-0.15, -0.1) is 0 Å². The lowest BCUT2D eigenvalue weighted by Crippen LogP contribution is -1.91. The number of Topliss-reactive ketones (excluding diaryl/α,β-unsaturated/α-hetero) is 1. The Hall–Kier alpha value is -1.11. The molecule has 0 bridgehead atoms. The van der Waals surface area contributed by atoms with Crippen LogP contribution in [0.1, 0.15) is 20.8 Å². The molecule has 0 radical (unpaired) electrons. The van der Waals surface area contributed by atoms with Gasteiger partial charge in [-0.05, 0) is 20.8 Å². The first-order valence-corrected chi connectivity index (χ1v) is 3.69. The topological polar surface area (TPSA) is 17.1 Å². The van der Waals surface area contributed by atoms with Crippen LogP contribution >= 0.6 is 0 Å². The average molecular weight is 150 g/mol. The summed E-state index contributed by atoms with van der Waals surface area (Å²) in [5.74, 6) is 0.0983. The molecule has 0 saturated carbocycles. The summed E-state index contributed by atoms with van der Waals surface area (Å²) in [5.41, 5.74) is 0.741. The molecule has 0 aromatic rings. The highest BCUT2D eigenvalue weighted by atomic mass is 16.1. The van der Waals surface area contributed by atoms with Crippen molar-refractivity contribution in [2.24, 2.45) is 0 Å². The summed E-state index contributed by atoms with van der Waals surface area (Å²) >= 11 is 0. The van der Waals surface area contributed by atoms with Gasteiger partial charge in [0.2, 0.25) is 0 Å². The number of carbonyl (C=O) groups excluding carboxylic acids is 1. The number of carbonyl (C=O) groups is 1. The summed E-state index contributed by atoms with van der Waals surface area (Å²) in [5, 5.41) is 0. The second-order valence-corrected chi connectivity index (χ2v) is 2.20. The molecule has 11 heavy (non-hydrogen) atoms. The van der Waals surface area contributed by atoms with E-state index in [1.165, 1.54) is 0 Å². The predicted molar refractivity (Wildman–Crippen MR) is 48.4 cm³/mol. The van der Waals surface area contributed by atoms with Gasteiger partial charge in [-0.2, -0.15) is 0 Å². The number of hydrogen-bond acceptors (Lipinski definition) is 1. The first-order chi connectivity index (χ1) is 5.22. The number of hydrogen-bond donors (Lipinski definition) is 0. The Labute approximate surface area is 68.1 Å². The predicted octanol–water partition coefficient (Wildman–Crippen LogP) is 2.65. The Bertz CT molecular complexity index is 207. The van der Waals surface area contributed by atoms with Gasteiger partial charge in [-0.1, -0.05) is 30.4 Å². The number of ketones is 1. The minimum absolute atomic E-state index is 0.0983. The molecule has 0 aliphatic heterocycles. The van der Waals surface area contributed by atoms with Crippen LogP contribution < -0.4 is 0 Å². The molecule has 1 nitrogen and oxygen atoms in total. The van der Waals surface area contributed by atoms with Crippen LogP contribution in [0.4, 0.5) is 0 Å². The molecule has 0 aliphatic carbocycles. The quantitative estimate of drug-likeness (QED) is 0.446. The van der Waals surface area contributed by atoms with Crippen molar-refractivity contribution in [2.45, 2.75) is 20.8 Å². The summed E-state index contributed by atoms with van der Waals surface area (Å²) < 4.78 is 0. The van der Waals surface area contributed by atoms with E-state index >= 15 is 0 Å². The standard InChI is InChI=1S/C10H14O/c1-4-6-8-10(7-5-2)9(3)11/h4-8H,1-3H3. The number of allylic oxidation sites excluding steroid dienone is 6. The fourth-order valence-corrected chi connectivity index (χ4v) is 0.670. The molecule has 0 aromatic carbocycles. The van der Waals surface area contributed by atoms with E-state index in [2.05, 4.69) is 0 Å². The normalized spacial score (nSPS) is 13.2. The molecule has 1 heteroatoms. The van der Waals surface area contributed by atoms with Crippen LogP contribution in [0.5, 0.6) is 0 Å². The van der Waals surface area contributed by atoms with Gasteiger partial charge in [0.25, 0.3) is 0 Å². The lowest BCUT2D eigenvalue weighted by atomic mass is 10.1. The van der Waals surface area contributed by atoms with E-state index in [0.717, 1.165) is 5.57 Å². The van der Waals surface area contributed by atoms with Crippen LogP contribution in [-0.4, -0.2) is 5.78 Å². The van der Waals surface area contributed by atoms with E-state index in [4.69, 9.17) is 0 Å². The molecule has 0 saturated heterocycles. The van der Waals surface area contributed by atoms with Crippen molar-refractivity contribution in [3.63, 3.8) is 0 Å². The molecule has 60 valence electrons. The first kappa shape index (κ1) is 9.89. The van der Waals surface area contributed by atoms with E-state index < -0.39 is 0 Å². The second-order valence-electron chi connectivity index (χ2n) is 2.20. The maximum Gasteiger partial charge on any atom is 0.159 e. The molecule has 0 aromatic heterocycles. The van der Waals surface area contributed by atoms with Gasteiger partial charge < -0.3 is 0 Å². The van der Waals surface area contributed by atoms with E-state index in [0.29, 0.717) is 0 Å². The van der Waals surface area contributed by atoms with Crippen molar-refractivity contribution in [3.05, 3.63) is 36.0 Å². The smallest absolute Gasteiger partial charge is 0.159 e. The van der Waals surface area contributed by atoms with Crippen molar-refractivity contribution in [2.75, 3.05) is 0 Å². The summed E-state index contributed by atoms with van der Waals surface area (Å²) in [7, 11) is 0. The highest BCUT2D eigenvalue weighted by molar-refractivity contribution is 5.96. The summed E-state index contributed by atoms with van der Waals surface area (Å²) in [6.45, 7) is 5.38. The molecule has 0 atom stereocenters. The van der Waals surface area contributed by atoms with Crippen LogP contribution in [0, 0.1) is 0 Å². The Kier molecular flexibility index (Phi) is 5.09. The first-order valence-electron chi connectivity index (χ1n) is 3.69. The van der Waals surface area contributed by atoms with Crippen LogP contribution in [0.15, 0.2) is 36.0 Å². The SMILES string of the molecule is CC=CC=C(C=CC)C(C)=O. The van der Waals surface area contributed by atoms with E-state index in [9.17, 15) is 4.79 Å². The fraction of sp³-hybridized carbons (Fsp3) is 0.300. The van der Waals surface area contributed by atoms with Crippen LogP contribution in [0.2, 0.25) is 0 Å². The number of rotatable bonds is 3. The Morgan fingerprint density at radius 2 is 1.82 bits per heavy atom. The van der Waals surface area contributed by atoms with Gasteiger partial charge in [0, 0.05) is 5.57 Å². The highest BCUT2D eigenvalue weighted by Gasteiger charge is 1.94. The van der Waals surface area contributed by atoms with Crippen molar-refractivity contribution >= 4 is 5.78 Å². The minimum atomic E-state index is 0.0983. The second kappa shape index (κ2) is 5.66. The molecule has 0 amide bonds. The zero-order chi connectivity index (χ0) is 8.69. The molecular weight excluding hydrogens is 136 g/mol. The monoisotopic (exact) mass is 150 g/mol. The van der Waals surface area contributed by atoms with Gasteiger partial charge in [0.05, 0.1) is 0 Å². The molecular formula is C10H14O. The third kappa shape index (κ3) is 4.31. The third-order valence-electron chi connectivity index (χ3n) is 1.22. The summed E-state index contributed by atoms with van der Waals surface area (Å²) in [6, 6.07) is 0. The molecule has 0 unspecified atom stereocenters. The van der Waals surface area contributed by atoms with Crippen molar-refractivity contribution in [1.82, 2.24) is 0 Å². The van der Waals surface area contributed by atoms with E-state index in [1.54, 1.807) is 6.92 Å². The van der Waals surface area contributed by atoms with Crippen molar-refractivity contribution in [1.29, 1.82) is 0 Å². The van der Waals surface area contributed by atoms with E-state index in [1.807, 2.05) is 44.2 Å². The lowest BCUT2D eigenvalue weighted by Gasteiger charge is -1.91. The summed E-state index contributed by atoms with van der Waals surface area (Å²) in [4.78, 5) is 10.9. The lowest BCUT2D eigenvalue weighted by molar-refractivity contribution is -0.113. The van der Waals surface area contributed by atoms with Gasteiger partial charge in [-0.25, -0.2) is 0 Å². The minimum Gasteiger partial charge on any atom is -0.295 e. The fourth-order valence-electron chi connectivity index (χ4n) is 0.670. The van der Waals surface area contributed by atoms with Gasteiger partial charge >= 0.3 is 0 Å². The largest absolute Gasteiger partial charge is 0.295 e. The Balaban J connectivity index is 4.45. The molecule has 0 spiro atoms. The van der Waals surface area contributed by atoms with Crippen molar-refractivity contribution in [3.8, 4) is 0 Å². The van der Waals surface area contributed by atoms with Gasteiger partial charge in [-0.3, -0.25) is 4.79 Å². The van der Waals surface area contributed by atoms with Crippen LogP contribution in [0.3, 0.4) is 0 Å². The third-order valence-corrected chi connectivity index (χ3v) is 1.22. The average Bonchev–Trinajstić information content (AvgIpc) is 1.97. The molecule has 0 aliphatic rings. The molecule has 0 heterocycles. The maximum atomic E-state index is 10.9. The van der Waals surface area contributed by atoms with Crippen LogP contribution in [0.25, 0.3) is 0 Å². The van der Waals surface area contributed by atoms with Crippen LogP contribution in [-0.2, 0) is 4.79 Å². The Morgan fingerprint density at radius 3 is 2.18 bits per heavy atom. The zero-order valence-corrected chi connectivity index (χ0v) is 7.29.